The number of hydrogen-bond donors (Lipinski definition) is 1. The van der Waals surface area contributed by atoms with Gasteiger partial charge in [-0.2, -0.15) is 0 Å². The molecule has 2 aliphatic rings. The number of likely N-dealkylation sites (tertiary alicyclic amines) is 1. The van der Waals surface area contributed by atoms with Crippen molar-refractivity contribution < 1.29 is 4.79 Å². The molecule has 164 valence electrons. The Kier molecular flexibility index (Phi) is 6.30. The number of nitrogens with one attached hydrogen (secondary N) is 1. The van der Waals surface area contributed by atoms with Crippen molar-refractivity contribution in [1.29, 1.82) is 0 Å². The molecule has 1 saturated heterocycles. The highest BCUT2D eigenvalue weighted by molar-refractivity contribution is 7.18. The van der Waals surface area contributed by atoms with E-state index in [9.17, 15) is 9.59 Å². The Morgan fingerprint density at radius 3 is 2.63 bits per heavy atom. The van der Waals surface area contributed by atoms with Gasteiger partial charge in [-0.1, -0.05) is 26.7 Å². The van der Waals surface area contributed by atoms with Gasteiger partial charge in [0.1, 0.15) is 10.7 Å². The van der Waals surface area contributed by atoms with Crippen LogP contribution in [0.25, 0.3) is 10.2 Å². The number of rotatable bonds is 5. The fourth-order valence-corrected chi connectivity index (χ4v) is 6.04. The number of hydrogen-bond acceptors (Lipinski definition) is 5. The second kappa shape index (κ2) is 8.79. The van der Waals surface area contributed by atoms with Crippen molar-refractivity contribution in [2.45, 2.75) is 84.2 Å². The van der Waals surface area contributed by atoms with Crippen LogP contribution in [0.15, 0.2) is 4.79 Å². The molecular formula is C23H34N4O2S. The normalized spacial score (nSPS) is 21.0. The fraction of sp³-hybridized carbons (Fsp3) is 0.696. The maximum atomic E-state index is 13.6. The topological polar surface area (TPSA) is 67.2 Å². The number of carbonyl (C=O) groups is 1. The van der Waals surface area contributed by atoms with Crippen LogP contribution in [-0.4, -0.2) is 46.0 Å². The number of thiophene rings is 1. The van der Waals surface area contributed by atoms with E-state index in [0.29, 0.717) is 12.6 Å². The summed E-state index contributed by atoms with van der Waals surface area (Å²) in [6, 6.07) is 0.420. The first-order valence-electron chi connectivity index (χ1n) is 11.4. The van der Waals surface area contributed by atoms with Crippen molar-refractivity contribution >= 4 is 27.5 Å². The van der Waals surface area contributed by atoms with E-state index >= 15 is 0 Å². The average molecular weight is 431 g/mol. The number of aromatic nitrogens is 2. The first-order valence-corrected chi connectivity index (χ1v) is 12.2. The van der Waals surface area contributed by atoms with Crippen molar-refractivity contribution in [3.63, 3.8) is 0 Å². The van der Waals surface area contributed by atoms with Crippen molar-refractivity contribution in [2.75, 3.05) is 19.6 Å². The van der Waals surface area contributed by atoms with E-state index in [1.54, 1.807) is 11.3 Å². The van der Waals surface area contributed by atoms with Gasteiger partial charge in [0.15, 0.2) is 0 Å². The van der Waals surface area contributed by atoms with E-state index in [0.717, 1.165) is 65.3 Å². The summed E-state index contributed by atoms with van der Waals surface area (Å²) in [5.74, 6) is 1.17. The Morgan fingerprint density at radius 2 is 1.93 bits per heavy atom. The minimum absolute atomic E-state index is 0.0689. The molecule has 2 aromatic heterocycles. The van der Waals surface area contributed by atoms with E-state index in [-0.39, 0.29) is 23.4 Å². The van der Waals surface area contributed by atoms with E-state index in [1.807, 2.05) is 11.5 Å². The van der Waals surface area contributed by atoms with Gasteiger partial charge in [-0.25, -0.2) is 4.98 Å². The molecule has 1 N–H and O–H groups in total. The summed E-state index contributed by atoms with van der Waals surface area (Å²) >= 11 is 1.62. The maximum Gasteiger partial charge on any atom is 0.262 e. The average Bonchev–Trinajstić information content (AvgIpc) is 3.29. The van der Waals surface area contributed by atoms with E-state index in [1.165, 1.54) is 12.8 Å². The molecule has 0 spiro atoms. The van der Waals surface area contributed by atoms with Crippen LogP contribution in [0, 0.1) is 13.8 Å². The fourth-order valence-electron chi connectivity index (χ4n) is 5.01. The van der Waals surface area contributed by atoms with Crippen molar-refractivity contribution in [2.24, 2.45) is 0 Å². The molecule has 3 heterocycles. The largest absolute Gasteiger partial charge is 0.352 e. The van der Waals surface area contributed by atoms with Crippen LogP contribution in [-0.2, 0) is 4.79 Å². The van der Waals surface area contributed by atoms with Crippen molar-refractivity contribution in [1.82, 2.24) is 19.8 Å². The lowest BCUT2D eigenvalue weighted by Gasteiger charge is -2.34. The zero-order valence-corrected chi connectivity index (χ0v) is 19.5. The number of carbonyl (C=O) groups excluding carboxylic acids is 1. The SMILES string of the molecule is Cc1sc2nc(C(C)C)n([C@@H]3CCCN(CC(=O)NC4CCCC4)C3)c(=O)c2c1C. The third kappa shape index (κ3) is 4.19. The molecule has 0 unspecified atom stereocenters. The van der Waals surface area contributed by atoms with Crippen LogP contribution in [0.1, 0.15) is 80.6 Å². The van der Waals surface area contributed by atoms with Gasteiger partial charge in [-0.3, -0.25) is 19.1 Å². The molecule has 2 fully saturated rings. The van der Waals surface area contributed by atoms with Gasteiger partial charge in [0.05, 0.1) is 18.0 Å². The van der Waals surface area contributed by atoms with Crippen molar-refractivity contribution in [3.05, 3.63) is 26.6 Å². The lowest BCUT2D eigenvalue weighted by Crippen LogP contribution is -2.46. The molecule has 30 heavy (non-hydrogen) atoms. The zero-order valence-electron chi connectivity index (χ0n) is 18.7. The number of fused-ring (bicyclic) bond motifs is 1. The standard InChI is InChI=1S/C23H34N4O2S/c1-14(2)21-25-22-20(15(3)16(4)30-22)23(29)27(21)18-10-7-11-26(12-18)13-19(28)24-17-8-5-6-9-17/h14,17-18H,5-13H2,1-4H3,(H,24,28)/t18-/m1/s1. The summed E-state index contributed by atoms with van der Waals surface area (Å²) in [7, 11) is 0. The van der Waals surface area contributed by atoms with Gasteiger partial charge in [0, 0.05) is 23.4 Å². The van der Waals surface area contributed by atoms with E-state index in [4.69, 9.17) is 4.98 Å². The Bertz CT molecular complexity index is 987. The second-order valence-electron chi connectivity index (χ2n) is 9.34. The second-order valence-corrected chi connectivity index (χ2v) is 10.5. The smallest absolute Gasteiger partial charge is 0.262 e. The predicted octanol–water partition coefficient (Wildman–Crippen LogP) is 3.89. The number of amides is 1. The predicted molar refractivity (Wildman–Crippen MR) is 123 cm³/mol. The molecule has 2 aromatic rings. The highest BCUT2D eigenvalue weighted by Gasteiger charge is 2.28. The molecule has 1 aliphatic heterocycles. The molecule has 1 saturated carbocycles. The number of nitrogens with zero attached hydrogens (tertiary/aromatic N) is 3. The monoisotopic (exact) mass is 430 g/mol. The Hall–Kier alpha value is -1.73. The van der Waals surface area contributed by atoms with E-state index in [2.05, 4.69) is 31.0 Å². The Morgan fingerprint density at radius 1 is 1.20 bits per heavy atom. The molecule has 1 aliphatic carbocycles. The Balaban J connectivity index is 1.58. The maximum absolute atomic E-state index is 13.6. The van der Waals surface area contributed by atoms with Crippen LogP contribution in [0.4, 0.5) is 0 Å². The van der Waals surface area contributed by atoms with Crippen LogP contribution < -0.4 is 10.9 Å². The quantitative estimate of drug-likeness (QED) is 0.781. The molecule has 4 rings (SSSR count). The van der Waals surface area contributed by atoms with Crippen LogP contribution in [0.5, 0.6) is 0 Å². The molecule has 0 radical (unpaired) electrons. The van der Waals surface area contributed by atoms with Gasteiger partial charge >= 0.3 is 0 Å². The highest BCUT2D eigenvalue weighted by atomic mass is 32.1. The summed E-state index contributed by atoms with van der Waals surface area (Å²) in [5, 5.41) is 3.97. The zero-order chi connectivity index (χ0) is 21.4. The van der Waals surface area contributed by atoms with Crippen LogP contribution in [0.3, 0.4) is 0 Å². The third-order valence-corrected chi connectivity index (χ3v) is 7.81. The molecule has 0 bridgehead atoms. The minimum atomic E-state index is 0.0689. The summed E-state index contributed by atoms with van der Waals surface area (Å²) in [6.45, 7) is 10.4. The summed E-state index contributed by atoms with van der Waals surface area (Å²) in [4.78, 5) is 35.3. The van der Waals surface area contributed by atoms with Gasteiger partial charge in [0.25, 0.3) is 5.56 Å². The first-order chi connectivity index (χ1) is 14.3. The van der Waals surface area contributed by atoms with E-state index < -0.39 is 0 Å². The minimum Gasteiger partial charge on any atom is -0.352 e. The summed E-state index contributed by atoms with van der Waals surface area (Å²) in [5.41, 5.74) is 1.15. The molecule has 6 nitrogen and oxygen atoms in total. The Labute approximate surface area is 182 Å². The highest BCUT2D eigenvalue weighted by Crippen LogP contribution is 2.30. The molecule has 1 atom stereocenters. The van der Waals surface area contributed by atoms with Gasteiger partial charge < -0.3 is 5.32 Å². The van der Waals surface area contributed by atoms with Gasteiger partial charge in [0.2, 0.25) is 5.91 Å². The lowest BCUT2D eigenvalue weighted by atomic mass is 10.0. The van der Waals surface area contributed by atoms with Gasteiger partial charge in [-0.15, -0.1) is 11.3 Å². The lowest BCUT2D eigenvalue weighted by molar-refractivity contribution is -0.123. The molecule has 1 amide bonds. The van der Waals surface area contributed by atoms with Crippen LogP contribution >= 0.6 is 11.3 Å². The molecular weight excluding hydrogens is 396 g/mol. The number of aryl methyl sites for hydroxylation is 2. The van der Waals surface area contributed by atoms with Gasteiger partial charge in [-0.05, 0) is 51.6 Å². The molecule has 0 aromatic carbocycles. The van der Waals surface area contributed by atoms with Crippen LogP contribution in [0.2, 0.25) is 0 Å². The van der Waals surface area contributed by atoms with Crippen molar-refractivity contribution in [3.8, 4) is 0 Å². The first kappa shape index (κ1) is 21.5. The molecule has 7 heteroatoms. The number of piperidine rings is 1. The summed E-state index contributed by atoms with van der Waals surface area (Å²) in [6.07, 6.45) is 6.59. The third-order valence-electron chi connectivity index (χ3n) is 6.71. The summed E-state index contributed by atoms with van der Waals surface area (Å²) < 4.78 is 1.95.